The molecular weight excluding hydrogens is 579 g/mol. The number of fused-ring (bicyclic) bond motifs is 6. The van der Waals surface area contributed by atoms with Crippen LogP contribution in [0.25, 0.3) is 49.4 Å². The van der Waals surface area contributed by atoms with Crippen molar-refractivity contribution in [3.05, 3.63) is 181 Å². The van der Waals surface area contributed by atoms with Gasteiger partial charge in [0.25, 0.3) is 0 Å². The van der Waals surface area contributed by atoms with E-state index in [-0.39, 0.29) is 5.41 Å². The van der Waals surface area contributed by atoms with Gasteiger partial charge in [0.2, 0.25) is 0 Å². The van der Waals surface area contributed by atoms with Gasteiger partial charge in [0.15, 0.2) is 0 Å². The average molecular weight is 616 g/mol. The standard InChI is InChI=1S/C47H37N/c1-47(2)45-19-11-10-18-42(45)43-29-28-38(31-46(43)47)48(36-24-20-33(21-25-36)32-12-4-3-5-13-32)37-26-22-34(23-27-37)44-30-35-14-6-7-15-39(35)40-16-8-9-17-41(40)44/h4,6-31H,3,5H2,1-2H3. The Kier molecular flexibility index (Phi) is 6.69. The van der Waals surface area contributed by atoms with Gasteiger partial charge in [0, 0.05) is 22.5 Å². The molecule has 0 aliphatic heterocycles. The second kappa shape index (κ2) is 11.2. The van der Waals surface area contributed by atoms with Crippen molar-refractivity contribution in [2.75, 3.05) is 4.90 Å². The summed E-state index contributed by atoms with van der Waals surface area (Å²) in [6, 6.07) is 54.0. The summed E-state index contributed by atoms with van der Waals surface area (Å²) >= 11 is 0. The molecule has 0 spiro atoms. The zero-order valence-corrected chi connectivity index (χ0v) is 27.4. The molecule has 0 atom stereocenters. The van der Waals surface area contributed by atoms with Crippen molar-refractivity contribution in [2.45, 2.75) is 32.1 Å². The Morgan fingerprint density at radius 3 is 1.85 bits per heavy atom. The van der Waals surface area contributed by atoms with Gasteiger partial charge in [-0.3, -0.25) is 0 Å². The highest BCUT2D eigenvalue weighted by molar-refractivity contribution is 6.13. The van der Waals surface area contributed by atoms with E-state index < -0.39 is 0 Å². The van der Waals surface area contributed by atoms with Crippen LogP contribution in [0.1, 0.15) is 43.4 Å². The summed E-state index contributed by atoms with van der Waals surface area (Å²) in [7, 11) is 0. The summed E-state index contributed by atoms with van der Waals surface area (Å²) in [5, 5.41) is 5.13. The van der Waals surface area contributed by atoms with E-state index in [0.717, 1.165) is 24.2 Å². The van der Waals surface area contributed by atoms with Crippen LogP contribution in [0.2, 0.25) is 0 Å². The summed E-state index contributed by atoms with van der Waals surface area (Å²) in [6.45, 7) is 4.71. The summed E-state index contributed by atoms with van der Waals surface area (Å²) in [4.78, 5) is 2.41. The quantitative estimate of drug-likeness (QED) is 0.174. The van der Waals surface area contributed by atoms with E-state index in [2.05, 4.69) is 183 Å². The predicted molar refractivity (Wildman–Crippen MR) is 205 cm³/mol. The van der Waals surface area contributed by atoms with E-state index >= 15 is 0 Å². The Hall–Kier alpha value is -5.66. The maximum Gasteiger partial charge on any atom is 0.0465 e. The summed E-state index contributed by atoms with van der Waals surface area (Å²) in [5.74, 6) is 0. The fourth-order valence-electron chi connectivity index (χ4n) is 7.99. The fraction of sp³-hybridized carbons (Fsp3) is 0.106. The van der Waals surface area contributed by atoms with Gasteiger partial charge in [-0.25, -0.2) is 0 Å². The number of nitrogens with zero attached hydrogens (tertiary/aromatic N) is 1. The molecule has 48 heavy (non-hydrogen) atoms. The third-order valence-electron chi connectivity index (χ3n) is 10.5. The van der Waals surface area contributed by atoms with E-state index in [4.69, 9.17) is 0 Å². The number of hydrogen-bond acceptors (Lipinski definition) is 1. The molecule has 0 aromatic heterocycles. The van der Waals surface area contributed by atoms with Gasteiger partial charge < -0.3 is 4.90 Å². The highest BCUT2D eigenvalue weighted by Gasteiger charge is 2.35. The molecule has 0 saturated carbocycles. The van der Waals surface area contributed by atoms with Crippen molar-refractivity contribution >= 4 is 44.2 Å². The molecule has 2 aliphatic carbocycles. The van der Waals surface area contributed by atoms with Crippen LogP contribution in [-0.2, 0) is 5.41 Å². The molecule has 0 fully saturated rings. The molecule has 0 saturated heterocycles. The zero-order valence-electron chi connectivity index (χ0n) is 27.4. The Morgan fingerprint density at radius 1 is 0.479 bits per heavy atom. The van der Waals surface area contributed by atoms with Crippen LogP contribution in [0, 0.1) is 0 Å². The maximum absolute atomic E-state index is 2.42. The monoisotopic (exact) mass is 615 g/mol. The van der Waals surface area contributed by atoms with Gasteiger partial charge in [-0.05, 0) is 121 Å². The molecule has 1 heteroatoms. The Balaban J connectivity index is 1.17. The minimum atomic E-state index is -0.0712. The molecule has 0 unspecified atom stereocenters. The molecule has 0 N–H and O–H groups in total. The topological polar surface area (TPSA) is 3.24 Å². The third-order valence-corrected chi connectivity index (χ3v) is 10.5. The van der Waals surface area contributed by atoms with E-state index in [0.29, 0.717) is 0 Å². The molecule has 0 bridgehead atoms. The molecule has 9 rings (SSSR count). The Morgan fingerprint density at radius 2 is 1.10 bits per heavy atom. The Bertz CT molecular complexity index is 2400. The van der Waals surface area contributed by atoms with Crippen molar-refractivity contribution in [1.29, 1.82) is 0 Å². The minimum Gasteiger partial charge on any atom is -0.310 e. The first-order valence-corrected chi connectivity index (χ1v) is 17.1. The van der Waals surface area contributed by atoms with E-state index in [1.54, 1.807) is 0 Å². The molecule has 2 aliphatic rings. The van der Waals surface area contributed by atoms with Crippen molar-refractivity contribution in [1.82, 2.24) is 0 Å². The van der Waals surface area contributed by atoms with Crippen LogP contribution in [0.3, 0.4) is 0 Å². The summed E-state index contributed by atoms with van der Waals surface area (Å²) < 4.78 is 0. The predicted octanol–water partition coefficient (Wildman–Crippen LogP) is 13.2. The Labute approximate surface area is 283 Å². The zero-order chi connectivity index (χ0) is 32.2. The maximum atomic E-state index is 2.42. The van der Waals surface area contributed by atoms with Crippen LogP contribution < -0.4 is 4.90 Å². The molecule has 0 amide bonds. The highest BCUT2D eigenvalue weighted by Crippen LogP contribution is 2.50. The van der Waals surface area contributed by atoms with Crippen LogP contribution >= 0.6 is 0 Å². The number of hydrogen-bond donors (Lipinski definition) is 0. The number of allylic oxidation sites excluding steroid dienone is 4. The van der Waals surface area contributed by atoms with Crippen LogP contribution in [0.5, 0.6) is 0 Å². The first-order chi connectivity index (χ1) is 23.6. The number of benzene rings is 7. The van der Waals surface area contributed by atoms with E-state index in [9.17, 15) is 0 Å². The van der Waals surface area contributed by atoms with Crippen molar-refractivity contribution in [3.8, 4) is 22.3 Å². The molecule has 7 aromatic carbocycles. The first kappa shape index (κ1) is 28.6. The van der Waals surface area contributed by atoms with Crippen LogP contribution in [0.15, 0.2) is 164 Å². The van der Waals surface area contributed by atoms with Gasteiger partial charge in [-0.2, -0.15) is 0 Å². The highest BCUT2D eigenvalue weighted by atomic mass is 15.1. The minimum absolute atomic E-state index is 0.0712. The lowest BCUT2D eigenvalue weighted by molar-refractivity contribution is 0.660. The van der Waals surface area contributed by atoms with Crippen LogP contribution in [-0.4, -0.2) is 0 Å². The largest absolute Gasteiger partial charge is 0.310 e. The SMILES string of the molecule is CC1(C)c2ccccc2-c2ccc(N(c3ccc(C4=CCCC=C4)cc3)c3ccc(-c4cc5ccccc5c5ccccc45)cc3)cc21. The van der Waals surface area contributed by atoms with Gasteiger partial charge in [0.1, 0.15) is 0 Å². The van der Waals surface area contributed by atoms with Gasteiger partial charge in [0.05, 0.1) is 0 Å². The normalized spacial score (nSPS) is 14.5. The van der Waals surface area contributed by atoms with Crippen molar-refractivity contribution < 1.29 is 0 Å². The average Bonchev–Trinajstić information content (AvgIpc) is 3.38. The third kappa shape index (κ3) is 4.61. The van der Waals surface area contributed by atoms with Crippen molar-refractivity contribution in [2.24, 2.45) is 0 Å². The first-order valence-electron chi connectivity index (χ1n) is 17.1. The lowest BCUT2D eigenvalue weighted by Crippen LogP contribution is -2.16. The molecular formula is C47H37N. The van der Waals surface area contributed by atoms with Gasteiger partial charge in [-0.15, -0.1) is 0 Å². The molecule has 7 aromatic rings. The van der Waals surface area contributed by atoms with Gasteiger partial charge in [-0.1, -0.05) is 135 Å². The lowest BCUT2D eigenvalue weighted by atomic mass is 9.82. The molecule has 0 radical (unpaired) electrons. The van der Waals surface area contributed by atoms with E-state index in [1.807, 2.05) is 0 Å². The van der Waals surface area contributed by atoms with Gasteiger partial charge >= 0.3 is 0 Å². The smallest absolute Gasteiger partial charge is 0.0465 e. The number of rotatable bonds is 5. The van der Waals surface area contributed by atoms with Crippen molar-refractivity contribution in [3.63, 3.8) is 0 Å². The lowest BCUT2D eigenvalue weighted by Gasteiger charge is -2.28. The van der Waals surface area contributed by atoms with E-state index in [1.165, 1.54) is 71.7 Å². The second-order valence-corrected chi connectivity index (χ2v) is 13.7. The molecule has 0 heterocycles. The molecule has 1 nitrogen and oxygen atoms in total. The molecule has 230 valence electrons. The fourth-order valence-corrected chi connectivity index (χ4v) is 7.99. The summed E-state index contributed by atoms with van der Waals surface area (Å²) in [5.41, 5.74) is 13.9. The second-order valence-electron chi connectivity index (χ2n) is 13.7. The summed E-state index contributed by atoms with van der Waals surface area (Å²) in [6.07, 6.45) is 9.11. The van der Waals surface area contributed by atoms with Crippen LogP contribution in [0.4, 0.5) is 17.1 Å². The number of anilines is 3.